The second kappa shape index (κ2) is 7.59. The van der Waals surface area contributed by atoms with Crippen LogP contribution in [0.25, 0.3) is 0 Å². The third kappa shape index (κ3) is 4.02. The molecule has 0 bridgehead atoms. The largest absolute Gasteiger partial charge is 0.369 e. The number of nitrogens with two attached hydrogens (primary N) is 2. The molecule has 1 rings (SSSR count). The maximum absolute atomic E-state index is 12.0. The normalized spacial score (nSPS) is 15.8. The SMILES string of the molecule is NCCCN(C=O)C(=O)C(=O)N1CCC(C(N)=O)CC1. The molecule has 4 N–H and O–H groups in total. The summed E-state index contributed by atoms with van der Waals surface area (Å²) in [5.74, 6) is -2.22. The lowest BCUT2D eigenvalue weighted by molar-refractivity contribution is -0.154. The van der Waals surface area contributed by atoms with Gasteiger partial charge in [-0.25, -0.2) is 0 Å². The predicted molar refractivity (Wildman–Crippen MR) is 69.9 cm³/mol. The summed E-state index contributed by atoms with van der Waals surface area (Å²) in [5.41, 5.74) is 10.5. The Hall–Kier alpha value is -1.96. The summed E-state index contributed by atoms with van der Waals surface area (Å²) in [6, 6.07) is 0. The number of carbonyl (C=O) groups excluding carboxylic acids is 4. The van der Waals surface area contributed by atoms with Crippen molar-refractivity contribution >= 4 is 24.1 Å². The van der Waals surface area contributed by atoms with Crippen molar-refractivity contribution in [2.75, 3.05) is 26.2 Å². The summed E-state index contributed by atoms with van der Waals surface area (Å²) in [6.45, 7) is 1.04. The second-order valence-corrected chi connectivity index (χ2v) is 4.72. The highest BCUT2D eigenvalue weighted by Crippen LogP contribution is 2.17. The molecule has 0 aliphatic carbocycles. The van der Waals surface area contributed by atoms with Crippen LogP contribution in [-0.4, -0.2) is 60.1 Å². The Morgan fingerprint density at radius 2 is 1.85 bits per heavy atom. The number of rotatable bonds is 5. The molecule has 0 spiro atoms. The molecule has 0 aromatic heterocycles. The van der Waals surface area contributed by atoms with Crippen molar-refractivity contribution in [3.05, 3.63) is 0 Å². The number of primary amides is 1. The maximum Gasteiger partial charge on any atom is 0.318 e. The summed E-state index contributed by atoms with van der Waals surface area (Å²) >= 11 is 0. The molecule has 8 nitrogen and oxygen atoms in total. The van der Waals surface area contributed by atoms with Gasteiger partial charge in [0.2, 0.25) is 12.3 Å². The van der Waals surface area contributed by atoms with Crippen LogP contribution >= 0.6 is 0 Å². The Balaban J connectivity index is 2.55. The fourth-order valence-electron chi connectivity index (χ4n) is 2.09. The Labute approximate surface area is 117 Å². The fourth-order valence-corrected chi connectivity index (χ4v) is 2.09. The molecule has 1 fully saturated rings. The molecule has 112 valence electrons. The van der Waals surface area contributed by atoms with Crippen LogP contribution in [0.1, 0.15) is 19.3 Å². The molecular weight excluding hydrogens is 264 g/mol. The minimum atomic E-state index is -0.856. The Morgan fingerprint density at radius 3 is 2.30 bits per heavy atom. The lowest BCUT2D eigenvalue weighted by Gasteiger charge is -2.30. The number of hydrogen-bond donors (Lipinski definition) is 2. The first-order chi connectivity index (χ1) is 9.51. The van der Waals surface area contributed by atoms with Crippen LogP contribution in [0.5, 0.6) is 0 Å². The highest BCUT2D eigenvalue weighted by molar-refractivity contribution is 6.36. The van der Waals surface area contributed by atoms with E-state index in [1.807, 2.05) is 0 Å². The molecule has 4 amide bonds. The predicted octanol–water partition coefficient (Wildman–Crippen LogP) is -1.96. The number of nitrogens with zero attached hydrogens (tertiary/aromatic N) is 2. The molecule has 8 heteroatoms. The first-order valence-electron chi connectivity index (χ1n) is 6.55. The van der Waals surface area contributed by atoms with Gasteiger partial charge in [0.15, 0.2) is 0 Å². The summed E-state index contributed by atoms with van der Waals surface area (Å²) in [6.07, 6.45) is 1.67. The molecule has 0 unspecified atom stereocenters. The van der Waals surface area contributed by atoms with Crippen LogP contribution in [0.2, 0.25) is 0 Å². The lowest BCUT2D eigenvalue weighted by atomic mass is 9.96. The summed E-state index contributed by atoms with van der Waals surface area (Å²) in [4.78, 5) is 47.8. The average molecular weight is 284 g/mol. The van der Waals surface area contributed by atoms with E-state index in [4.69, 9.17) is 11.5 Å². The average Bonchev–Trinajstić information content (AvgIpc) is 2.47. The number of piperidine rings is 1. The monoisotopic (exact) mass is 284 g/mol. The highest BCUT2D eigenvalue weighted by Gasteiger charge is 2.31. The smallest absolute Gasteiger partial charge is 0.318 e. The zero-order valence-electron chi connectivity index (χ0n) is 11.3. The fraction of sp³-hybridized carbons (Fsp3) is 0.667. The second-order valence-electron chi connectivity index (χ2n) is 4.72. The Bertz CT molecular complexity index is 391. The van der Waals surface area contributed by atoms with E-state index in [9.17, 15) is 19.2 Å². The molecule has 1 heterocycles. The van der Waals surface area contributed by atoms with Gasteiger partial charge in [-0.05, 0) is 25.8 Å². The third-order valence-corrected chi connectivity index (χ3v) is 3.36. The van der Waals surface area contributed by atoms with Crippen molar-refractivity contribution in [3.8, 4) is 0 Å². The van der Waals surface area contributed by atoms with Crippen LogP contribution in [0.4, 0.5) is 0 Å². The van der Waals surface area contributed by atoms with Crippen LogP contribution in [0.15, 0.2) is 0 Å². The van der Waals surface area contributed by atoms with Crippen LogP contribution in [0, 0.1) is 5.92 Å². The number of imide groups is 1. The molecule has 1 saturated heterocycles. The van der Waals surface area contributed by atoms with Gasteiger partial charge >= 0.3 is 11.8 Å². The van der Waals surface area contributed by atoms with Crippen LogP contribution in [-0.2, 0) is 19.2 Å². The van der Waals surface area contributed by atoms with Crippen molar-refractivity contribution in [3.63, 3.8) is 0 Å². The van der Waals surface area contributed by atoms with Gasteiger partial charge in [-0.15, -0.1) is 0 Å². The van der Waals surface area contributed by atoms with E-state index in [1.165, 1.54) is 4.90 Å². The summed E-state index contributed by atoms with van der Waals surface area (Å²) < 4.78 is 0. The number of hydrogen-bond acceptors (Lipinski definition) is 5. The van der Waals surface area contributed by atoms with Gasteiger partial charge in [0.05, 0.1) is 0 Å². The van der Waals surface area contributed by atoms with E-state index in [-0.39, 0.29) is 18.4 Å². The number of amides is 4. The molecule has 20 heavy (non-hydrogen) atoms. The van der Waals surface area contributed by atoms with Gasteiger partial charge in [0.1, 0.15) is 0 Å². The molecular formula is C12H20N4O4. The van der Waals surface area contributed by atoms with Gasteiger partial charge in [-0.3, -0.25) is 24.1 Å². The first-order valence-corrected chi connectivity index (χ1v) is 6.55. The quantitative estimate of drug-likeness (QED) is 0.448. The van der Waals surface area contributed by atoms with Gasteiger partial charge in [0, 0.05) is 25.6 Å². The van der Waals surface area contributed by atoms with Gasteiger partial charge in [-0.1, -0.05) is 0 Å². The van der Waals surface area contributed by atoms with E-state index >= 15 is 0 Å². The molecule has 0 saturated carbocycles. The molecule has 1 aliphatic rings. The lowest BCUT2D eigenvalue weighted by Crippen LogP contribution is -2.49. The minimum absolute atomic E-state index is 0.127. The van der Waals surface area contributed by atoms with Gasteiger partial charge in [0.25, 0.3) is 0 Å². The van der Waals surface area contributed by atoms with Crippen LogP contribution in [0.3, 0.4) is 0 Å². The van der Waals surface area contributed by atoms with Crippen molar-refractivity contribution in [2.45, 2.75) is 19.3 Å². The molecule has 0 aromatic rings. The first kappa shape index (κ1) is 16.1. The summed E-state index contributed by atoms with van der Waals surface area (Å²) in [7, 11) is 0. The van der Waals surface area contributed by atoms with Crippen molar-refractivity contribution < 1.29 is 19.2 Å². The van der Waals surface area contributed by atoms with E-state index in [0.29, 0.717) is 45.3 Å². The molecule has 0 aromatic carbocycles. The van der Waals surface area contributed by atoms with Crippen molar-refractivity contribution in [2.24, 2.45) is 17.4 Å². The van der Waals surface area contributed by atoms with E-state index in [1.54, 1.807) is 0 Å². The third-order valence-electron chi connectivity index (χ3n) is 3.36. The zero-order valence-corrected chi connectivity index (χ0v) is 11.3. The Morgan fingerprint density at radius 1 is 1.25 bits per heavy atom. The van der Waals surface area contributed by atoms with E-state index in [2.05, 4.69) is 0 Å². The van der Waals surface area contributed by atoms with Gasteiger partial charge in [-0.2, -0.15) is 0 Å². The van der Waals surface area contributed by atoms with Crippen molar-refractivity contribution in [1.29, 1.82) is 0 Å². The van der Waals surface area contributed by atoms with E-state index in [0.717, 1.165) is 4.90 Å². The van der Waals surface area contributed by atoms with Crippen LogP contribution < -0.4 is 11.5 Å². The minimum Gasteiger partial charge on any atom is -0.369 e. The number of carbonyl (C=O) groups is 4. The van der Waals surface area contributed by atoms with E-state index < -0.39 is 11.8 Å². The number of likely N-dealkylation sites (tertiary alicyclic amines) is 1. The standard InChI is InChI=1S/C12H20N4O4/c13-4-1-5-16(8-17)12(20)11(19)15-6-2-9(3-7-15)10(14)18/h8-9H,1-7,13H2,(H2,14,18). The molecule has 0 atom stereocenters. The highest BCUT2D eigenvalue weighted by atomic mass is 16.2. The Kier molecular flexibility index (Phi) is 6.10. The summed E-state index contributed by atoms with van der Waals surface area (Å²) in [5, 5.41) is 0. The van der Waals surface area contributed by atoms with Crippen molar-refractivity contribution in [1.82, 2.24) is 9.80 Å². The maximum atomic E-state index is 12.0. The molecule has 1 aliphatic heterocycles. The zero-order chi connectivity index (χ0) is 15.1. The van der Waals surface area contributed by atoms with Gasteiger partial charge < -0.3 is 16.4 Å². The topological polar surface area (TPSA) is 127 Å². The molecule has 0 radical (unpaired) electrons.